The molecule has 6 heteroatoms. The number of ether oxygens (including phenoxy) is 3. The summed E-state index contributed by atoms with van der Waals surface area (Å²) in [4.78, 5) is 4.17. The fraction of sp³-hybridized carbons (Fsp3) is 0.800. The van der Waals surface area contributed by atoms with Crippen molar-refractivity contribution in [3.05, 3.63) is 11.7 Å². The second-order valence-electron chi connectivity index (χ2n) is 3.11. The molecule has 0 fully saturated rings. The van der Waals surface area contributed by atoms with Gasteiger partial charge in [-0.3, -0.25) is 0 Å². The molecule has 6 nitrogen and oxygen atoms in total. The summed E-state index contributed by atoms with van der Waals surface area (Å²) in [6.45, 7) is 6.62. The van der Waals surface area contributed by atoms with Crippen LogP contribution in [0.25, 0.3) is 0 Å². The number of rotatable bonds is 7. The summed E-state index contributed by atoms with van der Waals surface area (Å²) in [6, 6.07) is 0. The smallest absolute Gasteiger partial charge is 0.283 e. The van der Waals surface area contributed by atoms with Gasteiger partial charge in [-0.2, -0.15) is 4.98 Å². The predicted octanol–water partition coefficient (Wildman–Crippen LogP) is 1.85. The van der Waals surface area contributed by atoms with Crippen molar-refractivity contribution < 1.29 is 18.7 Å². The van der Waals surface area contributed by atoms with Crippen molar-refractivity contribution in [2.45, 2.75) is 33.2 Å². The average Bonchev–Trinajstić information content (AvgIpc) is 2.77. The Labute approximate surface area is 94.9 Å². The van der Waals surface area contributed by atoms with Crippen molar-refractivity contribution in [1.29, 1.82) is 0 Å². The molecule has 0 radical (unpaired) electrons. The third kappa shape index (κ3) is 3.26. The van der Waals surface area contributed by atoms with E-state index in [-0.39, 0.29) is 6.10 Å². The first-order valence-electron chi connectivity index (χ1n) is 5.32. The van der Waals surface area contributed by atoms with E-state index >= 15 is 0 Å². The lowest BCUT2D eigenvalue weighted by Gasteiger charge is -2.11. The second-order valence-corrected chi connectivity index (χ2v) is 3.11. The van der Waals surface area contributed by atoms with Crippen LogP contribution in [0.1, 0.15) is 44.9 Å². The SMILES string of the molecule is CCOC(OCC)c1nc(C(C)OC)no1. The van der Waals surface area contributed by atoms with Crippen LogP contribution in [0.4, 0.5) is 0 Å². The number of hydrogen-bond donors (Lipinski definition) is 0. The number of aromatic nitrogens is 2. The standard InChI is InChI=1S/C10H18N2O4/c1-5-14-10(15-6-2)9-11-8(12-16-9)7(3)13-4/h7,10H,5-6H2,1-4H3. The van der Waals surface area contributed by atoms with Gasteiger partial charge in [-0.25, -0.2) is 0 Å². The van der Waals surface area contributed by atoms with Crippen molar-refractivity contribution in [3.63, 3.8) is 0 Å². The van der Waals surface area contributed by atoms with Gasteiger partial charge in [0.1, 0.15) is 6.10 Å². The normalized spacial score (nSPS) is 13.3. The van der Waals surface area contributed by atoms with Crippen molar-refractivity contribution in [2.75, 3.05) is 20.3 Å². The predicted molar refractivity (Wildman–Crippen MR) is 55.7 cm³/mol. The fourth-order valence-corrected chi connectivity index (χ4v) is 1.11. The molecule has 1 atom stereocenters. The molecule has 0 aliphatic rings. The van der Waals surface area contributed by atoms with E-state index in [2.05, 4.69) is 10.1 Å². The van der Waals surface area contributed by atoms with Gasteiger partial charge in [-0.1, -0.05) is 5.16 Å². The Balaban J connectivity index is 2.72. The van der Waals surface area contributed by atoms with Crippen LogP contribution >= 0.6 is 0 Å². The molecule has 1 rings (SSSR count). The highest BCUT2D eigenvalue weighted by Crippen LogP contribution is 2.19. The van der Waals surface area contributed by atoms with Gasteiger partial charge in [0, 0.05) is 20.3 Å². The van der Waals surface area contributed by atoms with Crippen LogP contribution in [0.3, 0.4) is 0 Å². The summed E-state index contributed by atoms with van der Waals surface area (Å²) in [7, 11) is 1.59. The van der Waals surface area contributed by atoms with Crippen LogP contribution < -0.4 is 0 Å². The number of nitrogens with zero attached hydrogens (tertiary/aromatic N) is 2. The van der Waals surface area contributed by atoms with E-state index in [0.29, 0.717) is 24.9 Å². The van der Waals surface area contributed by atoms with Gasteiger partial charge >= 0.3 is 0 Å². The lowest BCUT2D eigenvalue weighted by molar-refractivity contribution is -0.155. The lowest BCUT2D eigenvalue weighted by atomic mass is 10.4. The van der Waals surface area contributed by atoms with Crippen molar-refractivity contribution in [3.8, 4) is 0 Å². The van der Waals surface area contributed by atoms with E-state index in [1.165, 1.54) is 0 Å². The minimum atomic E-state index is -0.597. The van der Waals surface area contributed by atoms with Gasteiger partial charge in [-0.15, -0.1) is 0 Å². The summed E-state index contributed by atoms with van der Waals surface area (Å²) in [6.07, 6.45) is -0.804. The zero-order valence-corrected chi connectivity index (χ0v) is 10.1. The Hall–Kier alpha value is -0.980. The monoisotopic (exact) mass is 230 g/mol. The molecule has 0 saturated carbocycles. The zero-order chi connectivity index (χ0) is 12.0. The summed E-state index contributed by atoms with van der Waals surface area (Å²) < 4.78 is 20.8. The molecular formula is C10H18N2O4. The molecule has 1 unspecified atom stereocenters. The average molecular weight is 230 g/mol. The molecule has 0 aromatic carbocycles. The summed E-state index contributed by atoms with van der Waals surface area (Å²) >= 11 is 0. The summed E-state index contributed by atoms with van der Waals surface area (Å²) in [5.41, 5.74) is 0. The first-order valence-corrected chi connectivity index (χ1v) is 5.32. The van der Waals surface area contributed by atoms with Gasteiger partial charge in [0.2, 0.25) is 12.1 Å². The molecule has 0 saturated heterocycles. The lowest BCUT2D eigenvalue weighted by Crippen LogP contribution is -2.09. The highest BCUT2D eigenvalue weighted by atomic mass is 16.7. The molecule has 0 amide bonds. The van der Waals surface area contributed by atoms with Crippen LogP contribution in [-0.2, 0) is 14.2 Å². The molecule has 92 valence electrons. The molecule has 1 aromatic rings. The molecule has 0 aliphatic carbocycles. The Morgan fingerprint density at radius 2 is 1.88 bits per heavy atom. The van der Waals surface area contributed by atoms with E-state index < -0.39 is 6.29 Å². The molecule has 0 aliphatic heterocycles. The first-order chi connectivity index (χ1) is 7.72. The van der Waals surface area contributed by atoms with Crippen LogP contribution in [0, 0.1) is 0 Å². The molecule has 0 N–H and O–H groups in total. The second kappa shape index (κ2) is 6.57. The molecule has 1 aromatic heterocycles. The maximum absolute atomic E-state index is 5.34. The topological polar surface area (TPSA) is 66.6 Å². The highest BCUT2D eigenvalue weighted by molar-refractivity contribution is 4.90. The quantitative estimate of drug-likeness (QED) is 0.666. The van der Waals surface area contributed by atoms with Gasteiger partial charge in [0.15, 0.2) is 0 Å². The Bertz CT molecular complexity index is 297. The van der Waals surface area contributed by atoms with E-state index in [0.717, 1.165) is 0 Å². The van der Waals surface area contributed by atoms with Gasteiger partial charge in [-0.05, 0) is 20.8 Å². The number of methoxy groups -OCH3 is 1. The van der Waals surface area contributed by atoms with E-state index in [1.54, 1.807) is 7.11 Å². The van der Waals surface area contributed by atoms with Crippen molar-refractivity contribution in [2.24, 2.45) is 0 Å². The van der Waals surface area contributed by atoms with Crippen molar-refractivity contribution >= 4 is 0 Å². The third-order valence-corrected chi connectivity index (χ3v) is 2.01. The maximum atomic E-state index is 5.34. The van der Waals surface area contributed by atoms with E-state index in [4.69, 9.17) is 18.7 Å². The largest absolute Gasteiger partial charge is 0.374 e. The van der Waals surface area contributed by atoms with Gasteiger partial charge in [0.25, 0.3) is 5.89 Å². The van der Waals surface area contributed by atoms with Crippen LogP contribution in [-0.4, -0.2) is 30.5 Å². The highest BCUT2D eigenvalue weighted by Gasteiger charge is 2.21. The van der Waals surface area contributed by atoms with Gasteiger partial charge < -0.3 is 18.7 Å². The summed E-state index contributed by atoms with van der Waals surface area (Å²) in [5, 5.41) is 3.80. The Morgan fingerprint density at radius 1 is 1.25 bits per heavy atom. The Kier molecular flexibility index (Phi) is 5.37. The van der Waals surface area contributed by atoms with Gasteiger partial charge in [0.05, 0.1) is 0 Å². The fourth-order valence-electron chi connectivity index (χ4n) is 1.11. The molecular weight excluding hydrogens is 212 g/mol. The minimum Gasteiger partial charge on any atom is -0.374 e. The van der Waals surface area contributed by atoms with E-state index in [9.17, 15) is 0 Å². The molecule has 0 bridgehead atoms. The maximum Gasteiger partial charge on any atom is 0.283 e. The minimum absolute atomic E-state index is 0.207. The van der Waals surface area contributed by atoms with Crippen LogP contribution in [0.2, 0.25) is 0 Å². The van der Waals surface area contributed by atoms with Crippen LogP contribution in [0.5, 0.6) is 0 Å². The number of hydrogen-bond acceptors (Lipinski definition) is 6. The van der Waals surface area contributed by atoms with Crippen LogP contribution in [0.15, 0.2) is 4.52 Å². The zero-order valence-electron chi connectivity index (χ0n) is 10.1. The Morgan fingerprint density at radius 3 is 2.38 bits per heavy atom. The molecule has 1 heterocycles. The van der Waals surface area contributed by atoms with E-state index in [1.807, 2.05) is 20.8 Å². The van der Waals surface area contributed by atoms with Crippen molar-refractivity contribution in [1.82, 2.24) is 10.1 Å². The first kappa shape index (κ1) is 13.1. The molecule has 16 heavy (non-hydrogen) atoms. The third-order valence-electron chi connectivity index (χ3n) is 2.01. The molecule has 0 spiro atoms. The summed E-state index contributed by atoms with van der Waals surface area (Å²) in [5.74, 6) is 0.810.